The SMILES string of the molecule is CC(=O)c1c[nH]c2cccc(OC(C)C)c12. The van der Waals surface area contributed by atoms with Crippen LogP contribution >= 0.6 is 0 Å². The zero-order valence-electron chi connectivity index (χ0n) is 9.70. The van der Waals surface area contributed by atoms with E-state index >= 15 is 0 Å². The Bertz CT molecular complexity index is 526. The molecule has 3 heteroatoms. The summed E-state index contributed by atoms with van der Waals surface area (Å²) in [6, 6.07) is 5.75. The first kappa shape index (κ1) is 10.7. The minimum atomic E-state index is 0.0473. The topological polar surface area (TPSA) is 42.1 Å². The number of nitrogens with one attached hydrogen (secondary N) is 1. The van der Waals surface area contributed by atoms with E-state index in [9.17, 15) is 4.79 Å². The number of benzene rings is 1. The molecule has 0 saturated carbocycles. The van der Waals surface area contributed by atoms with Crippen molar-refractivity contribution in [3.63, 3.8) is 0 Å². The van der Waals surface area contributed by atoms with Crippen LogP contribution < -0.4 is 4.74 Å². The summed E-state index contributed by atoms with van der Waals surface area (Å²) in [5.41, 5.74) is 1.62. The van der Waals surface area contributed by atoms with Gasteiger partial charge < -0.3 is 9.72 Å². The summed E-state index contributed by atoms with van der Waals surface area (Å²) < 4.78 is 5.70. The molecular weight excluding hydrogens is 202 g/mol. The van der Waals surface area contributed by atoms with E-state index in [4.69, 9.17) is 4.74 Å². The third-order valence-corrected chi connectivity index (χ3v) is 2.41. The van der Waals surface area contributed by atoms with Gasteiger partial charge in [-0.25, -0.2) is 0 Å². The van der Waals surface area contributed by atoms with Gasteiger partial charge in [-0.3, -0.25) is 4.79 Å². The summed E-state index contributed by atoms with van der Waals surface area (Å²) in [5, 5.41) is 0.878. The van der Waals surface area contributed by atoms with Crippen LogP contribution in [0.25, 0.3) is 10.9 Å². The maximum absolute atomic E-state index is 11.5. The summed E-state index contributed by atoms with van der Waals surface area (Å²) in [7, 11) is 0. The summed E-state index contributed by atoms with van der Waals surface area (Å²) in [5.74, 6) is 0.810. The molecule has 2 aromatic rings. The van der Waals surface area contributed by atoms with E-state index in [2.05, 4.69) is 4.98 Å². The highest BCUT2D eigenvalue weighted by Crippen LogP contribution is 2.29. The molecular formula is C13H15NO2. The number of aromatic amines is 1. The number of rotatable bonds is 3. The number of aromatic nitrogens is 1. The largest absolute Gasteiger partial charge is 0.490 e. The molecule has 0 radical (unpaired) electrons. The van der Waals surface area contributed by atoms with Crippen LogP contribution in [0.1, 0.15) is 31.1 Å². The van der Waals surface area contributed by atoms with Gasteiger partial charge in [0.2, 0.25) is 0 Å². The quantitative estimate of drug-likeness (QED) is 0.802. The van der Waals surface area contributed by atoms with Crippen molar-refractivity contribution in [1.82, 2.24) is 4.98 Å². The fourth-order valence-corrected chi connectivity index (χ4v) is 1.78. The average Bonchev–Trinajstić information content (AvgIpc) is 2.61. The molecule has 3 nitrogen and oxygen atoms in total. The third-order valence-electron chi connectivity index (χ3n) is 2.41. The fourth-order valence-electron chi connectivity index (χ4n) is 1.78. The molecule has 0 amide bonds. The lowest BCUT2D eigenvalue weighted by atomic mass is 10.1. The minimum Gasteiger partial charge on any atom is -0.490 e. The highest BCUT2D eigenvalue weighted by Gasteiger charge is 2.13. The maximum Gasteiger partial charge on any atom is 0.162 e. The number of fused-ring (bicyclic) bond motifs is 1. The van der Waals surface area contributed by atoms with E-state index < -0.39 is 0 Å². The third kappa shape index (κ3) is 1.81. The van der Waals surface area contributed by atoms with E-state index in [0.29, 0.717) is 5.56 Å². The number of carbonyl (C=O) groups is 1. The van der Waals surface area contributed by atoms with Gasteiger partial charge in [0.05, 0.1) is 11.5 Å². The predicted octanol–water partition coefficient (Wildman–Crippen LogP) is 3.16. The van der Waals surface area contributed by atoms with Crippen LogP contribution in [0.5, 0.6) is 5.75 Å². The number of hydrogen-bond donors (Lipinski definition) is 1. The van der Waals surface area contributed by atoms with Crippen LogP contribution in [0.2, 0.25) is 0 Å². The van der Waals surface area contributed by atoms with Gasteiger partial charge in [-0.2, -0.15) is 0 Å². The number of H-pyrrole nitrogens is 1. The Hall–Kier alpha value is -1.77. The fraction of sp³-hybridized carbons (Fsp3) is 0.308. The molecule has 0 aliphatic heterocycles. The van der Waals surface area contributed by atoms with Crippen LogP contribution in [0.4, 0.5) is 0 Å². The lowest BCUT2D eigenvalue weighted by Crippen LogP contribution is -2.06. The van der Waals surface area contributed by atoms with Gasteiger partial charge in [0, 0.05) is 17.3 Å². The van der Waals surface area contributed by atoms with Crippen LogP contribution in [0, 0.1) is 0 Å². The molecule has 0 aliphatic rings. The van der Waals surface area contributed by atoms with E-state index in [1.54, 1.807) is 13.1 Å². The number of ketones is 1. The molecule has 1 N–H and O–H groups in total. The first-order valence-electron chi connectivity index (χ1n) is 5.37. The van der Waals surface area contributed by atoms with Gasteiger partial charge in [0.1, 0.15) is 5.75 Å². The molecule has 1 heterocycles. The summed E-state index contributed by atoms with van der Waals surface area (Å²) in [6.45, 7) is 5.51. The standard InChI is InChI=1S/C13H15NO2/c1-8(2)16-12-6-4-5-11-13(12)10(7-14-11)9(3)15/h4-8,14H,1-3H3. The first-order chi connectivity index (χ1) is 7.59. The zero-order valence-corrected chi connectivity index (χ0v) is 9.70. The van der Waals surface area contributed by atoms with E-state index in [1.807, 2.05) is 32.0 Å². The van der Waals surface area contributed by atoms with Gasteiger partial charge in [0.15, 0.2) is 5.78 Å². The Morgan fingerprint density at radius 1 is 1.38 bits per heavy atom. The number of ether oxygens (including phenoxy) is 1. The second kappa shape index (κ2) is 4.00. The molecule has 0 unspecified atom stereocenters. The smallest absolute Gasteiger partial charge is 0.162 e. The van der Waals surface area contributed by atoms with E-state index in [0.717, 1.165) is 16.7 Å². The first-order valence-corrected chi connectivity index (χ1v) is 5.37. The van der Waals surface area contributed by atoms with E-state index in [-0.39, 0.29) is 11.9 Å². The average molecular weight is 217 g/mol. The second-order valence-electron chi connectivity index (χ2n) is 4.10. The summed E-state index contributed by atoms with van der Waals surface area (Å²) in [6.07, 6.45) is 1.83. The number of Topliss-reactive ketones (excluding diaryl/α,β-unsaturated/α-hetero) is 1. The Kier molecular flexibility index (Phi) is 2.69. The highest BCUT2D eigenvalue weighted by molar-refractivity contribution is 6.08. The molecule has 16 heavy (non-hydrogen) atoms. The van der Waals surface area contributed by atoms with Gasteiger partial charge in [0.25, 0.3) is 0 Å². The molecule has 0 fully saturated rings. The lowest BCUT2D eigenvalue weighted by molar-refractivity contribution is 0.101. The van der Waals surface area contributed by atoms with Crippen LogP contribution in [0.15, 0.2) is 24.4 Å². The molecule has 0 atom stereocenters. The van der Waals surface area contributed by atoms with Crippen molar-refractivity contribution in [2.24, 2.45) is 0 Å². The van der Waals surface area contributed by atoms with Crippen molar-refractivity contribution in [3.05, 3.63) is 30.0 Å². The van der Waals surface area contributed by atoms with Crippen molar-refractivity contribution < 1.29 is 9.53 Å². The van der Waals surface area contributed by atoms with Gasteiger partial charge >= 0.3 is 0 Å². The molecule has 1 aromatic heterocycles. The van der Waals surface area contributed by atoms with Crippen molar-refractivity contribution in [2.45, 2.75) is 26.9 Å². The number of carbonyl (C=O) groups excluding carboxylic acids is 1. The molecule has 2 rings (SSSR count). The van der Waals surface area contributed by atoms with Crippen molar-refractivity contribution in [3.8, 4) is 5.75 Å². The normalized spacial score (nSPS) is 11.0. The van der Waals surface area contributed by atoms with Gasteiger partial charge in [-0.05, 0) is 32.9 Å². The van der Waals surface area contributed by atoms with Crippen molar-refractivity contribution in [2.75, 3.05) is 0 Å². The molecule has 84 valence electrons. The Morgan fingerprint density at radius 2 is 2.12 bits per heavy atom. The highest BCUT2D eigenvalue weighted by atomic mass is 16.5. The molecule has 0 bridgehead atoms. The lowest BCUT2D eigenvalue weighted by Gasteiger charge is -2.11. The monoisotopic (exact) mass is 217 g/mol. The number of hydrogen-bond acceptors (Lipinski definition) is 2. The van der Waals surface area contributed by atoms with Crippen molar-refractivity contribution >= 4 is 16.7 Å². The Labute approximate surface area is 94.4 Å². The van der Waals surface area contributed by atoms with Crippen LogP contribution in [-0.2, 0) is 0 Å². The summed E-state index contributed by atoms with van der Waals surface area (Å²) >= 11 is 0. The van der Waals surface area contributed by atoms with Crippen molar-refractivity contribution in [1.29, 1.82) is 0 Å². The predicted molar refractivity (Wildman–Crippen MR) is 64.1 cm³/mol. The Morgan fingerprint density at radius 3 is 2.75 bits per heavy atom. The molecule has 0 aliphatic carbocycles. The minimum absolute atomic E-state index is 0.0473. The Balaban J connectivity index is 2.63. The van der Waals surface area contributed by atoms with Crippen LogP contribution in [0.3, 0.4) is 0 Å². The van der Waals surface area contributed by atoms with E-state index in [1.165, 1.54) is 0 Å². The van der Waals surface area contributed by atoms with Crippen LogP contribution in [-0.4, -0.2) is 16.9 Å². The molecule has 1 aromatic carbocycles. The molecule has 0 spiro atoms. The summed E-state index contributed by atoms with van der Waals surface area (Å²) in [4.78, 5) is 14.6. The van der Waals surface area contributed by atoms with Gasteiger partial charge in [-0.1, -0.05) is 6.07 Å². The molecule has 0 saturated heterocycles. The zero-order chi connectivity index (χ0) is 11.7. The second-order valence-corrected chi connectivity index (χ2v) is 4.10. The van der Waals surface area contributed by atoms with Gasteiger partial charge in [-0.15, -0.1) is 0 Å². The maximum atomic E-state index is 11.5.